The molecule has 2 N–H and O–H groups in total. The molecular formula is C12H14N2O5. The highest BCUT2D eigenvalue weighted by Gasteiger charge is 2.20. The lowest BCUT2D eigenvalue weighted by molar-refractivity contribution is -0.384. The number of Topliss-reactive ketones (excluding diaryl/α,β-unsaturated/α-hetero) is 1. The third-order valence-corrected chi connectivity index (χ3v) is 2.37. The topological polar surface area (TPSA) is 113 Å². The molecule has 0 aromatic heterocycles. The zero-order valence-corrected chi connectivity index (χ0v) is 10.4. The molecule has 19 heavy (non-hydrogen) atoms. The standard InChI is InChI=1S/C12H14N2O5/c1-2-19-12(16)10(13)7-11(15)8-4-3-5-9(6-8)14(17)18/h3-6,10H,2,7,13H2,1H3/t10-/m0/s1. The minimum atomic E-state index is -1.06. The number of non-ortho nitro benzene ring substituents is 1. The number of carbonyl (C=O) groups is 2. The Balaban J connectivity index is 2.75. The second-order valence-corrected chi connectivity index (χ2v) is 3.79. The van der Waals surface area contributed by atoms with Crippen molar-refractivity contribution in [1.82, 2.24) is 0 Å². The average molecular weight is 266 g/mol. The van der Waals surface area contributed by atoms with Crippen molar-refractivity contribution >= 4 is 17.4 Å². The van der Waals surface area contributed by atoms with E-state index >= 15 is 0 Å². The molecule has 0 unspecified atom stereocenters. The molecule has 0 heterocycles. The van der Waals surface area contributed by atoms with Gasteiger partial charge in [0.05, 0.1) is 11.5 Å². The third-order valence-electron chi connectivity index (χ3n) is 2.37. The first-order valence-electron chi connectivity index (χ1n) is 5.65. The number of ketones is 1. The van der Waals surface area contributed by atoms with Gasteiger partial charge in [-0.1, -0.05) is 12.1 Å². The lowest BCUT2D eigenvalue weighted by Crippen LogP contribution is -2.34. The predicted molar refractivity (Wildman–Crippen MR) is 66.7 cm³/mol. The van der Waals surface area contributed by atoms with Gasteiger partial charge in [0, 0.05) is 24.1 Å². The number of ether oxygens (including phenoxy) is 1. The highest BCUT2D eigenvalue weighted by Crippen LogP contribution is 2.15. The van der Waals surface area contributed by atoms with E-state index in [1.807, 2.05) is 0 Å². The summed E-state index contributed by atoms with van der Waals surface area (Å²) in [6, 6.07) is 4.21. The number of hydrogen-bond acceptors (Lipinski definition) is 6. The highest BCUT2D eigenvalue weighted by atomic mass is 16.6. The number of esters is 1. The van der Waals surface area contributed by atoms with Gasteiger partial charge in [0.25, 0.3) is 5.69 Å². The Bertz CT molecular complexity index is 501. The largest absolute Gasteiger partial charge is 0.465 e. The van der Waals surface area contributed by atoms with Crippen LogP contribution in [0.1, 0.15) is 23.7 Å². The van der Waals surface area contributed by atoms with Gasteiger partial charge in [-0.15, -0.1) is 0 Å². The van der Waals surface area contributed by atoms with Crippen molar-refractivity contribution in [2.45, 2.75) is 19.4 Å². The van der Waals surface area contributed by atoms with Crippen molar-refractivity contribution in [3.05, 3.63) is 39.9 Å². The normalized spacial score (nSPS) is 11.7. The molecule has 0 amide bonds. The molecule has 0 spiro atoms. The molecule has 1 rings (SSSR count). The summed E-state index contributed by atoms with van der Waals surface area (Å²) in [5.74, 6) is -1.11. The molecule has 0 aliphatic carbocycles. The van der Waals surface area contributed by atoms with Crippen LogP contribution in [0, 0.1) is 10.1 Å². The van der Waals surface area contributed by atoms with Crippen LogP contribution in [-0.2, 0) is 9.53 Å². The molecule has 1 aromatic carbocycles. The molecule has 0 bridgehead atoms. The van der Waals surface area contributed by atoms with Crippen LogP contribution in [0.3, 0.4) is 0 Å². The number of nitro groups is 1. The number of nitrogens with zero attached hydrogens (tertiary/aromatic N) is 1. The van der Waals surface area contributed by atoms with Crippen molar-refractivity contribution in [1.29, 1.82) is 0 Å². The minimum Gasteiger partial charge on any atom is -0.465 e. The Hall–Kier alpha value is -2.28. The van der Waals surface area contributed by atoms with Crippen molar-refractivity contribution in [3.63, 3.8) is 0 Å². The molecule has 0 saturated carbocycles. The summed E-state index contributed by atoms with van der Waals surface area (Å²) in [5, 5.41) is 10.6. The Morgan fingerprint density at radius 1 is 1.47 bits per heavy atom. The SMILES string of the molecule is CCOC(=O)[C@@H](N)CC(=O)c1cccc([N+](=O)[O-])c1. The average Bonchev–Trinajstić information content (AvgIpc) is 2.39. The van der Waals surface area contributed by atoms with E-state index in [4.69, 9.17) is 5.73 Å². The maximum atomic E-state index is 11.8. The maximum Gasteiger partial charge on any atom is 0.323 e. The first kappa shape index (κ1) is 14.8. The third kappa shape index (κ3) is 4.14. The predicted octanol–water partition coefficient (Wildman–Crippen LogP) is 1.06. The summed E-state index contributed by atoms with van der Waals surface area (Å²) >= 11 is 0. The van der Waals surface area contributed by atoms with Crippen LogP contribution in [0.2, 0.25) is 0 Å². The van der Waals surface area contributed by atoms with Crippen LogP contribution in [0.4, 0.5) is 5.69 Å². The van der Waals surface area contributed by atoms with Crippen LogP contribution >= 0.6 is 0 Å². The van der Waals surface area contributed by atoms with E-state index in [0.717, 1.165) is 6.07 Å². The van der Waals surface area contributed by atoms with E-state index < -0.39 is 22.7 Å². The summed E-state index contributed by atoms with van der Waals surface area (Å²) in [4.78, 5) is 33.1. The number of nitrogens with two attached hydrogens (primary N) is 1. The van der Waals surface area contributed by atoms with Gasteiger partial charge in [-0.2, -0.15) is 0 Å². The van der Waals surface area contributed by atoms with Gasteiger partial charge in [0.2, 0.25) is 0 Å². The van der Waals surface area contributed by atoms with Crippen LogP contribution < -0.4 is 5.73 Å². The molecule has 0 aliphatic rings. The quantitative estimate of drug-likeness (QED) is 0.356. The van der Waals surface area contributed by atoms with Crippen LogP contribution in [0.5, 0.6) is 0 Å². The van der Waals surface area contributed by atoms with E-state index in [9.17, 15) is 19.7 Å². The van der Waals surface area contributed by atoms with Crippen LogP contribution in [0.15, 0.2) is 24.3 Å². The molecule has 1 atom stereocenters. The Kier molecular flexibility index (Phi) is 5.13. The number of rotatable bonds is 6. The van der Waals surface area contributed by atoms with Gasteiger partial charge in [0.15, 0.2) is 5.78 Å². The van der Waals surface area contributed by atoms with Crippen LogP contribution in [-0.4, -0.2) is 29.3 Å². The molecule has 0 radical (unpaired) electrons. The lowest BCUT2D eigenvalue weighted by Gasteiger charge is -2.09. The maximum absolute atomic E-state index is 11.8. The molecule has 0 aliphatic heterocycles. The van der Waals surface area contributed by atoms with E-state index in [-0.39, 0.29) is 24.3 Å². The smallest absolute Gasteiger partial charge is 0.323 e. The molecule has 1 aromatic rings. The van der Waals surface area contributed by atoms with Gasteiger partial charge in [-0.3, -0.25) is 19.7 Å². The second kappa shape index (κ2) is 6.60. The van der Waals surface area contributed by atoms with Gasteiger partial charge in [0.1, 0.15) is 6.04 Å². The van der Waals surface area contributed by atoms with E-state index in [0.29, 0.717) is 0 Å². The van der Waals surface area contributed by atoms with Crippen LogP contribution in [0.25, 0.3) is 0 Å². The molecule has 102 valence electrons. The summed E-state index contributed by atoms with van der Waals surface area (Å²) in [6.07, 6.45) is -0.250. The first-order valence-corrected chi connectivity index (χ1v) is 5.65. The van der Waals surface area contributed by atoms with Gasteiger partial charge in [-0.25, -0.2) is 0 Å². The Morgan fingerprint density at radius 3 is 2.74 bits per heavy atom. The summed E-state index contributed by atoms with van der Waals surface area (Å²) < 4.78 is 4.68. The van der Waals surface area contributed by atoms with E-state index in [1.54, 1.807) is 6.92 Å². The van der Waals surface area contributed by atoms with E-state index in [2.05, 4.69) is 4.74 Å². The summed E-state index contributed by atoms with van der Waals surface area (Å²) in [5.41, 5.74) is 5.47. The molecule has 7 heteroatoms. The molecule has 0 saturated heterocycles. The Labute approximate surface area is 109 Å². The monoisotopic (exact) mass is 266 g/mol. The van der Waals surface area contributed by atoms with Crippen molar-refractivity contribution < 1.29 is 19.2 Å². The summed E-state index contributed by atoms with van der Waals surface area (Å²) in [7, 11) is 0. The zero-order chi connectivity index (χ0) is 14.4. The number of hydrogen-bond donors (Lipinski definition) is 1. The Morgan fingerprint density at radius 2 is 2.16 bits per heavy atom. The van der Waals surface area contributed by atoms with Crippen molar-refractivity contribution in [2.24, 2.45) is 5.73 Å². The van der Waals surface area contributed by atoms with Gasteiger partial charge >= 0.3 is 5.97 Å². The van der Waals surface area contributed by atoms with Gasteiger partial charge < -0.3 is 10.5 Å². The highest BCUT2D eigenvalue weighted by molar-refractivity contribution is 5.99. The fourth-order valence-electron chi connectivity index (χ4n) is 1.44. The minimum absolute atomic E-state index is 0.147. The van der Waals surface area contributed by atoms with Crippen molar-refractivity contribution in [3.8, 4) is 0 Å². The van der Waals surface area contributed by atoms with Gasteiger partial charge in [-0.05, 0) is 6.92 Å². The first-order chi connectivity index (χ1) is 8.95. The fourth-order valence-corrected chi connectivity index (χ4v) is 1.44. The molecular weight excluding hydrogens is 252 g/mol. The number of benzene rings is 1. The number of carbonyl (C=O) groups excluding carboxylic acids is 2. The number of nitro benzene ring substituents is 1. The van der Waals surface area contributed by atoms with E-state index in [1.165, 1.54) is 18.2 Å². The fraction of sp³-hybridized carbons (Fsp3) is 0.333. The zero-order valence-electron chi connectivity index (χ0n) is 10.4. The lowest BCUT2D eigenvalue weighted by atomic mass is 10.0. The summed E-state index contributed by atoms with van der Waals surface area (Å²) in [6.45, 7) is 1.81. The second-order valence-electron chi connectivity index (χ2n) is 3.79. The molecule has 7 nitrogen and oxygen atoms in total. The molecule has 0 fully saturated rings. The van der Waals surface area contributed by atoms with Crippen molar-refractivity contribution in [2.75, 3.05) is 6.61 Å².